The minimum atomic E-state index is -0.172. The highest BCUT2D eigenvalue weighted by atomic mass is 15.1. The van der Waals surface area contributed by atoms with Crippen LogP contribution in [0.5, 0.6) is 0 Å². The van der Waals surface area contributed by atoms with Gasteiger partial charge < -0.3 is 10.6 Å². The molecule has 2 heterocycles. The highest BCUT2D eigenvalue weighted by molar-refractivity contribution is 5.53. The number of piperidine rings is 1. The Hall–Kier alpha value is -1.25. The van der Waals surface area contributed by atoms with E-state index in [1.807, 2.05) is 4.90 Å². The minimum Gasteiger partial charge on any atom is -0.397 e. The fraction of sp³-hybridized carbons (Fsp3) is 0.545. The fourth-order valence-corrected chi connectivity index (χ4v) is 1.87. The largest absolute Gasteiger partial charge is 0.397 e. The molecule has 0 bridgehead atoms. The number of aromatic nitrogens is 1. The molecule has 0 aromatic carbocycles. The molecule has 0 amide bonds. The molecule has 2 rings (SSSR count). The van der Waals surface area contributed by atoms with Crippen molar-refractivity contribution in [2.45, 2.75) is 19.8 Å². The van der Waals surface area contributed by atoms with E-state index >= 15 is 0 Å². The number of hydrogen-bond donors (Lipinski definition) is 1. The van der Waals surface area contributed by atoms with Gasteiger partial charge in [-0.1, -0.05) is 6.92 Å². The van der Waals surface area contributed by atoms with Gasteiger partial charge >= 0.3 is 0 Å². The van der Waals surface area contributed by atoms with E-state index in [4.69, 9.17) is 9.85 Å². The van der Waals surface area contributed by atoms with Crippen LogP contribution >= 0.6 is 0 Å². The van der Waals surface area contributed by atoms with Crippen molar-refractivity contribution in [3.8, 4) is 0 Å². The average Bonchev–Trinajstić information content (AvgIpc) is 2.26. The van der Waals surface area contributed by atoms with Crippen molar-refractivity contribution in [3.63, 3.8) is 0 Å². The van der Waals surface area contributed by atoms with Gasteiger partial charge in [-0.05, 0) is 24.8 Å². The molecule has 76 valence electrons. The zero-order valence-corrected chi connectivity index (χ0v) is 8.38. The van der Waals surface area contributed by atoms with Gasteiger partial charge in [-0.15, -0.1) is 0 Å². The van der Waals surface area contributed by atoms with E-state index in [9.17, 15) is 0 Å². The van der Waals surface area contributed by atoms with Gasteiger partial charge in [-0.3, -0.25) is 4.98 Å². The van der Waals surface area contributed by atoms with Gasteiger partial charge in [0.2, 0.25) is 0 Å². The number of nitrogens with zero attached hydrogens (tertiary/aromatic N) is 2. The minimum absolute atomic E-state index is 0.0108. The Balaban J connectivity index is 2.41. The van der Waals surface area contributed by atoms with Gasteiger partial charge in [0.15, 0.2) is 0 Å². The molecule has 1 atom stereocenters. The van der Waals surface area contributed by atoms with E-state index in [0.717, 1.165) is 19.5 Å². The first kappa shape index (κ1) is 6.27. The second-order valence-electron chi connectivity index (χ2n) is 3.92. The Morgan fingerprint density at radius 2 is 2.50 bits per heavy atom. The van der Waals surface area contributed by atoms with Crippen LogP contribution in [0.4, 0.5) is 11.4 Å². The standard InChI is InChI=1S/C11H17N3/c1-9-3-2-4-14(8-9)11-5-10(12)6-13-7-11/h5-7,9H,2-4,8,12H2,1H3/i5D,6D,7D. The lowest BCUT2D eigenvalue weighted by Crippen LogP contribution is -2.34. The topological polar surface area (TPSA) is 42.2 Å². The van der Waals surface area contributed by atoms with Gasteiger partial charge in [-0.2, -0.15) is 0 Å². The molecule has 3 nitrogen and oxygen atoms in total. The third-order valence-electron chi connectivity index (χ3n) is 2.56. The van der Waals surface area contributed by atoms with Crippen LogP contribution < -0.4 is 10.6 Å². The molecule has 14 heavy (non-hydrogen) atoms. The smallest absolute Gasteiger partial charge is 0.0862 e. The molecule has 1 unspecified atom stereocenters. The molecule has 2 N–H and O–H groups in total. The first-order valence-electron chi connectivity index (χ1n) is 6.49. The second-order valence-corrected chi connectivity index (χ2v) is 3.92. The average molecular weight is 194 g/mol. The molecule has 1 aromatic heterocycles. The SMILES string of the molecule is [2H]c1nc([2H])c(N2CCCC(C)C2)c([2H])c1N. The summed E-state index contributed by atoms with van der Waals surface area (Å²) in [7, 11) is 0. The zero-order chi connectivity index (χ0) is 12.6. The molecule has 1 aliphatic heterocycles. The summed E-state index contributed by atoms with van der Waals surface area (Å²) in [5, 5.41) is 0. The van der Waals surface area contributed by atoms with Crippen molar-refractivity contribution in [2.75, 3.05) is 23.7 Å². The summed E-state index contributed by atoms with van der Waals surface area (Å²) >= 11 is 0. The third kappa shape index (κ3) is 1.97. The van der Waals surface area contributed by atoms with E-state index in [0.29, 0.717) is 11.6 Å². The van der Waals surface area contributed by atoms with Crippen LogP contribution in [-0.2, 0) is 0 Å². The molecule has 1 aromatic rings. The van der Waals surface area contributed by atoms with E-state index < -0.39 is 0 Å². The van der Waals surface area contributed by atoms with Gasteiger partial charge in [0.1, 0.15) is 0 Å². The molecular weight excluding hydrogens is 174 g/mol. The quantitative estimate of drug-likeness (QED) is 0.742. The maximum absolute atomic E-state index is 7.93. The molecule has 0 aliphatic carbocycles. The van der Waals surface area contributed by atoms with Crippen LogP contribution in [-0.4, -0.2) is 18.1 Å². The highest BCUT2D eigenvalue weighted by Crippen LogP contribution is 2.23. The lowest BCUT2D eigenvalue weighted by Gasteiger charge is -2.32. The molecule has 0 saturated carbocycles. The number of rotatable bonds is 1. The summed E-state index contributed by atoms with van der Waals surface area (Å²) in [4.78, 5) is 5.78. The Morgan fingerprint density at radius 1 is 1.64 bits per heavy atom. The molecule has 1 saturated heterocycles. The van der Waals surface area contributed by atoms with Crippen molar-refractivity contribution in [3.05, 3.63) is 18.4 Å². The van der Waals surface area contributed by atoms with Gasteiger partial charge in [-0.25, -0.2) is 0 Å². The number of hydrogen-bond acceptors (Lipinski definition) is 3. The van der Waals surface area contributed by atoms with Crippen molar-refractivity contribution in [1.29, 1.82) is 0 Å². The maximum atomic E-state index is 7.93. The van der Waals surface area contributed by atoms with Crippen LogP contribution in [0, 0.1) is 5.92 Å². The van der Waals surface area contributed by atoms with Crippen molar-refractivity contribution in [1.82, 2.24) is 4.98 Å². The lowest BCUT2D eigenvalue weighted by atomic mass is 10.00. The van der Waals surface area contributed by atoms with Crippen LogP contribution in [0.25, 0.3) is 0 Å². The van der Waals surface area contributed by atoms with Crippen LogP contribution in [0.15, 0.2) is 18.4 Å². The summed E-state index contributed by atoms with van der Waals surface area (Å²) in [6.07, 6.45) is 2.05. The highest BCUT2D eigenvalue weighted by Gasteiger charge is 2.16. The number of nitrogens with two attached hydrogens (primary N) is 1. The third-order valence-corrected chi connectivity index (χ3v) is 2.56. The normalized spacial score (nSPS) is 25.4. The number of nitrogen functional groups attached to an aromatic ring is 1. The molecular formula is C11H17N3. The number of anilines is 2. The molecule has 0 spiro atoms. The predicted octanol–water partition coefficient (Wildman–Crippen LogP) is 1.90. The van der Waals surface area contributed by atoms with E-state index in [1.165, 1.54) is 6.42 Å². The first-order valence-corrected chi connectivity index (χ1v) is 4.99. The predicted molar refractivity (Wildman–Crippen MR) is 59.3 cm³/mol. The van der Waals surface area contributed by atoms with E-state index in [2.05, 4.69) is 11.9 Å². The summed E-state index contributed by atoms with van der Waals surface area (Å²) < 4.78 is 23.2. The van der Waals surface area contributed by atoms with Gasteiger partial charge in [0.25, 0.3) is 0 Å². The van der Waals surface area contributed by atoms with Gasteiger partial charge in [0, 0.05) is 19.3 Å². The van der Waals surface area contributed by atoms with Crippen LogP contribution in [0.1, 0.15) is 23.9 Å². The number of pyridine rings is 1. The molecule has 0 radical (unpaired) electrons. The fourth-order valence-electron chi connectivity index (χ4n) is 1.87. The monoisotopic (exact) mass is 194 g/mol. The van der Waals surface area contributed by atoms with Gasteiger partial charge in [0.05, 0.1) is 21.7 Å². The second kappa shape index (κ2) is 3.86. The Bertz CT molecular complexity index is 436. The van der Waals surface area contributed by atoms with Crippen LogP contribution in [0.2, 0.25) is 0 Å². The lowest BCUT2D eigenvalue weighted by molar-refractivity contribution is 0.446. The van der Waals surface area contributed by atoms with Crippen molar-refractivity contribution >= 4 is 11.4 Å². The van der Waals surface area contributed by atoms with E-state index in [1.54, 1.807) is 0 Å². The Kier molecular flexibility index (Phi) is 1.73. The summed E-state index contributed by atoms with van der Waals surface area (Å²) in [5.41, 5.74) is 6.19. The summed E-state index contributed by atoms with van der Waals surface area (Å²) in [6.45, 7) is 3.83. The first-order chi connectivity index (χ1) is 8.00. The van der Waals surface area contributed by atoms with Crippen molar-refractivity contribution in [2.24, 2.45) is 5.92 Å². The summed E-state index contributed by atoms with van der Waals surface area (Å²) in [6, 6.07) is 0.0732. The van der Waals surface area contributed by atoms with Crippen LogP contribution in [0.3, 0.4) is 0 Å². The molecule has 1 fully saturated rings. The zero-order valence-electron chi connectivity index (χ0n) is 11.4. The Labute approximate surface area is 89.1 Å². The summed E-state index contributed by atoms with van der Waals surface area (Å²) in [5.74, 6) is 0.555. The van der Waals surface area contributed by atoms with Crippen molar-refractivity contribution < 1.29 is 4.11 Å². The maximum Gasteiger partial charge on any atom is 0.0862 e. The Morgan fingerprint density at radius 3 is 3.29 bits per heavy atom. The molecule has 3 heteroatoms. The van der Waals surface area contributed by atoms with E-state index in [-0.39, 0.29) is 24.1 Å². The molecule has 1 aliphatic rings.